The van der Waals surface area contributed by atoms with E-state index >= 15 is 0 Å². The molecule has 4 heteroatoms. The molecule has 0 fully saturated rings. The van der Waals surface area contributed by atoms with Crippen molar-refractivity contribution in [1.82, 2.24) is 4.90 Å². The van der Waals surface area contributed by atoms with E-state index in [4.69, 9.17) is 0 Å². The van der Waals surface area contributed by atoms with E-state index < -0.39 is 0 Å². The van der Waals surface area contributed by atoms with E-state index in [0.29, 0.717) is 5.69 Å². The van der Waals surface area contributed by atoms with Gasteiger partial charge >= 0.3 is 21.1 Å². The normalized spacial score (nSPS) is 13.0. The first-order valence-electron chi connectivity index (χ1n) is 4.96. The Morgan fingerprint density at radius 3 is 2.50 bits per heavy atom. The van der Waals surface area contributed by atoms with Crippen molar-refractivity contribution in [3.63, 3.8) is 0 Å². The minimum atomic E-state index is -0.245. The van der Waals surface area contributed by atoms with Crippen LogP contribution >= 0.6 is 0 Å². The van der Waals surface area contributed by atoms with Crippen molar-refractivity contribution in [3.05, 3.63) is 49.2 Å². The van der Waals surface area contributed by atoms with E-state index in [1.807, 2.05) is 49.8 Å². The van der Waals surface area contributed by atoms with Gasteiger partial charge in [0.1, 0.15) is 0 Å². The Kier molecular flexibility index (Phi) is 7.07. The zero-order chi connectivity index (χ0) is 11.3. The molecule has 1 aromatic rings. The SMILES string of the molecule is CC.CN1C=CN(c2[c-]ccc(F)c2)[CH-]1.[Pt+2]. The molecular formula is C12H15FN2Pt. The van der Waals surface area contributed by atoms with Gasteiger partial charge in [-0.2, -0.15) is 18.8 Å². The molecule has 0 spiro atoms. The van der Waals surface area contributed by atoms with Crippen LogP contribution in [0.4, 0.5) is 10.1 Å². The molecule has 1 aromatic carbocycles. The van der Waals surface area contributed by atoms with Gasteiger partial charge < -0.3 is 9.80 Å². The summed E-state index contributed by atoms with van der Waals surface area (Å²) in [4.78, 5) is 3.70. The van der Waals surface area contributed by atoms with Gasteiger partial charge in [-0.3, -0.25) is 0 Å². The molecule has 0 aliphatic carbocycles. The largest absolute Gasteiger partial charge is 2.00 e. The van der Waals surface area contributed by atoms with E-state index in [9.17, 15) is 4.39 Å². The minimum Gasteiger partial charge on any atom is -0.510 e. The Hall–Kier alpha value is -0.822. The zero-order valence-corrected chi connectivity index (χ0v) is 11.8. The fraction of sp³-hybridized carbons (Fsp3) is 0.250. The van der Waals surface area contributed by atoms with Crippen LogP contribution in [0.25, 0.3) is 0 Å². The van der Waals surface area contributed by atoms with Crippen molar-refractivity contribution in [3.8, 4) is 0 Å². The number of halogens is 1. The van der Waals surface area contributed by atoms with Crippen LogP contribution in [0.1, 0.15) is 13.8 Å². The molecule has 0 atom stereocenters. The second-order valence-electron chi connectivity index (χ2n) is 2.88. The fourth-order valence-corrected chi connectivity index (χ4v) is 1.17. The minimum absolute atomic E-state index is 0. The summed E-state index contributed by atoms with van der Waals surface area (Å²) in [6.45, 7) is 5.85. The Bertz CT molecular complexity index is 342. The second kappa shape index (κ2) is 7.45. The number of hydrogen-bond acceptors (Lipinski definition) is 2. The van der Waals surface area contributed by atoms with E-state index in [-0.39, 0.29) is 26.9 Å². The summed E-state index contributed by atoms with van der Waals surface area (Å²) in [6.07, 6.45) is 3.74. The third-order valence-corrected chi connectivity index (χ3v) is 1.80. The molecule has 1 aliphatic rings. The zero-order valence-electron chi connectivity index (χ0n) is 9.55. The smallest absolute Gasteiger partial charge is 0.510 e. The van der Waals surface area contributed by atoms with Crippen molar-refractivity contribution in [2.45, 2.75) is 13.8 Å². The van der Waals surface area contributed by atoms with Gasteiger partial charge in [0, 0.05) is 5.82 Å². The quantitative estimate of drug-likeness (QED) is 0.668. The summed E-state index contributed by atoms with van der Waals surface area (Å²) in [5, 5.41) is 0. The summed E-state index contributed by atoms with van der Waals surface area (Å²) < 4.78 is 12.8. The van der Waals surface area contributed by atoms with Crippen LogP contribution in [0, 0.1) is 18.6 Å². The van der Waals surface area contributed by atoms with Crippen molar-refractivity contribution in [2.24, 2.45) is 0 Å². The Morgan fingerprint density at radius 2 is 2.00 bits per heavy atom. The van der Waals surface area contributed by atoms with Crippen LogP contribution in [-0.4, -0.2) is 11.9 Å². The molecule has 0 aromatic heterocycles. The van der Waals surface area contributed by atoms with Gasteiger partial charge in [0.25, 0.3) is 0 Å². The number of rotatable bonds is 1. The third kappa shape index (κ3) is 3.97. The molecule has 90 valence electrons. The Balaban J connectivity index is 0.000000711. The topological polar surface area (TPSA) is 6.48 Å². The molecule has 0 saturated heterocycles. The molecular weight excluding hydrogens is 386 g/mol. The molecule has 0 saturated carbocycles. The van der Waals surface area contributed by atoms with E-state index in [1.54, 1.807) is 6.07 Å². The Labute approximate surface area is 111 Å². The first-order valence-corrected chi connectivity index (χ1v) is 4.96. The standard InChI is InChI=1S/C10H9FN2.C2H6.Pt/c1-12-5-6-13(8-12)10-4-2-3-9(11)7-10;1-2;/h2-3,5-8H,1H3;1-2H3;/q-2;;+2. The van der Waals surface area contributed by atoms with Crippen molar-refractivity contribution in [2.75, 3.05) is 11.9 Å². The number of benzene rings is 1. The molecule has 0 unspecified atom stereocenters. The van der Waals surface area contributed by atoms with Crippen LogP contribution in [0.15, 0.2) is 30.6 Å². The Morgan fingerprint density at radius 1 is 1.31 bits per heavy atom. The maximum atomic E-state index is 12.8. The van der Waals surface area contributed by atoms with Crippen LogP contribution < -0.4 is 4.90 Å². The van der Waals surface area contributed by atoms with Crippen molar-refractivity contribution < 1.29 is 25.5 Å². The molecule has 0 radical (unpaired) electrons. The number of anilines is 1. The number of nitrogens with zero attached hydrogens (tertiary/aromatic N) is 2. The van der Waals surface area contributed by atoms with Gasteiger partial charge in [-0.15, -0.1) is 17.8 Å². The second-order valence-corrected chi connectivity index (χ2v) is 2.88. The third-order valence-electron chi connectivity index (χ3n) is 1.80. The van der Waals surface area contributed by atoms with Crippen LogP contribution in [-0.2, 0) is 21.1 Å². The molecule has 0 amide bonds. The van der Waals surface area contributed by atoms with Gasteiger partial charge in [-0.25, -0.2) is 4.39 Å². The average Bonchev–Trinajstić information content (AvgIpc) is 2.68. The molecule has 2 nitrogen and oxygen atoms in total. The van der Waals surface area contributed by atoms with Gasteiger partial charge in [0.15, 0.2) is 0 Å². The fourth-order valence-electron chi connectivity index (χ4n) is 1.17. The summed E-state index contributed by atoms with van der Waals surface area (Å²) >= 11 is 0. The van der Waals surface area contributed by atoms with Gasteiger partial charge in [0.2, 0.25) is 0 Å². The summed E-state index contributed by atoms with van der Waals surface area (Å²) in [5.74, 6) is -0.245. The van der Waals surface area contributed by atoms with Gasteiger partial charge in [0.05, 0.1) is 0 Å². The molecule has 1 aliphatic heterocycles. The van der Waals surface area contributed by atoms with E-state index in [2.05, 4.69) is 6.07 Å². The van der Waals surface area contributed by atoms with E-state index in [1.165, 1.54) is 12.1 Å². The average molecular weight is 401 g/mol. The van der Waals surface area contributed by atoms with E-state index in [0.717, 1.165) is 0 Å². The predicted octanol–water partition coefficient (Wildman–Crippen LogP) is 2.99. The summed E-state index contributed by atoms with van der Waals surface area (Å²) in [5.41, 5.74) is 0.709. The summed E-state index contributed by atoms with van der Waals surface area (Å²) in [7, 11) is 1.91. The molecule has 16 heavy (non-hydrogen) atoms. The van der Waals surface area contributed by atoms with Crippen LogP contribution in [0.5, 0.6) is 0 Å². The van der Waals surface area contributed by atoms with Crippen molar-refractivity contribution >= 4 is 5.69 Å². The summed E-state index contributed by atoms with van der Waals surface area (Å²) in [6, 6.07) is 7.35. The maximum Gasteiger partial charge on any atom is 2.00 e. The van der Waals surface area contributed by atoms with Gasteiger partial charge in [-0.05, 0) is 19.4 Å². The predicted molar refractivity (Wildman–Crippen MR) is 60.3 cm³/mol. The molecule has 1 heterocycles. The first kappa shape index (κ1) is 15.2. The monoisotopic (exact) mass is 401 g/mol. The molecule has 0 N–H and O–H groups in total. The molecule has 2 rings (SSSR count). The number of hydrogen-bond donors (Lipinski definition) is 0. The van der Waals surface area contributed by atoms with Crippen molar-refractivity contribution in [1.29, 1.82) is 0 Å². The first-order chi connectivity index (χ1) is 7.25. The van der Waals surface area contributed by atoms with Crippen LogP contribution in [0.3, 0.4) is 0 Å². The maximum absolute atomic E-state index is 12.8. The van der Waals surface area contributed by atoms with Gasteiger partial charge in [-0.1, -0.05) is 13.8 Å². The molecule has 0 bridgehead atoms. The van der Waals surface area contributed by atoms with Crippen LogP contribution in [0.2, 0.25) is 0 Å².